The molecule has 16 heavy (non-hydrogen) atoms. The van der Waals surface area contributed by atoms with Crippen molar-refractivity contribution in [3.05, 3.63) is 45.4 Å². The molecule has 5 heteroatoms. The lowest BCUT2D eigenvalue weighted by Crippen LogP contribution is -2.00. The second kappa shape index (κ2) is 4.91. The average Bonchev–Trinajstić information content (AvgIpc) is 2.75. The van der Waals surface area contributed by atoms with Crippen LogP contribution in [-0.2, 0) is 6.42 Å². The van der Waals surface area contributed by atoms with Crippen molar-refractivity contribution in [3.63, 3.8) is 0 Å². The van der Waals surface area contributed by atoms with Gasteiger partial charge in [-0.25, -0.2) is 0 Å². The highest BCUT2D eigenvalue weighted by Crippen LogP contribution is 2.25. The van der Waals surface area contributed by atoms with Crippen LogP contribution in [0.3, 0.4) is 0 Å². The maximum Gasteiger partial charge on any atom is 0.0954 e. The minimum Gasteiger partial charge on any atom is -0.387 e. The molecule has 0 saturated heterocycles. The molecule has 0 amide bonds. The maximum atomic E-state index is 9.93. The highest BCUT2D eigenvalue weighted by Gasteiger charge is 2.12. The molecule has 1 N–H and O–H groups in total. The molecule has 0 saturated carbocycles. The number of nitrogens with zero attached hydrogens (tertiary/aromatic N) is 2. The van der Waals surface area contributed by atoms with Gasteiger partial charge in [-0.05, 0) is 35.6 Å². The Morgan fingerprint density at radius 3 is 2.94 bits per heavy atom. The van der Waals surface area contributed by atoms with Crippen molar-refractivity contribution in [2.24, 2.45) is 0 Å². The minimum atomic E-state index is -0.583. The Morgan fingerprint density at radius 1 is 1.50 bits per heavy atom. The standard InChI is InChI=1S/C11H11ClN2OS/c1-7-2-3-8(9(12)4-7)5-10(15)11-6-13-14-16-11/h2-4,6,10,15H,5H2,1H3. The van der Waals surface area contributed by atoms with Crippen molar-refractivity contribution in [1.29, 1.82) is 0 Å². The molecule has 3 nitrogen and oxygen atoms in total. The summed E-state index contributed by atoms with van der Waals surface area (Å²) in [5, 5.41) is 14.3. The molecule has 84 valence electrons. The molecule has 2 rings (SSSR count). The van der Waals surface area contributed by atoms with Gasteiger partial charge in [0.1, 0.15) is 0 Å². The van der Waals surface area contributed by atoms with Crippen LogP contribution in [0.25, 0.3) is 0 Å². The third kappa shape index (κ3) is 2.58. The van der Waals surface area contributed by atoms with Crippen molar-refractivity contribution in [2.45, 2.75) is 19.4 Å². The summed E-state index contributed by atoms with van der Waals surface area (Å²) < 4.78 is 3.72. The van der Waals surface area contributed by atoms with Gasteiger partial charge in [-0.3, -0.25) is 0 Å². The van der Waals surface area contributed by atoms with Crippen LogP contribution in [0, 0.1) is 6.92 Å². The molecule has 1 aromatic carbocycles. The second-order valence-corrected chi connectivity index (χ2v) is 4.86. The van der Waals surface area contributed by atoms with E-state index in [1.165, 1.54) is 11.5 Å². The molecule has 1 unspecified atom stereocenters. The number of aliphatic hydroxyl groups excluding tert-OH is 1. The van der Waals surface area contributed by atoms with Crippen molar-refractivity contribution >= 4 is 23.1 Å². The van der Waals surface area contributed by atoms with E-state index in [1.807, 2.05) is 25.1 Å². The van der Waals surface area contributed by atoms with Crippen LogP contribution in [0.5, 0.6) is 0 Å². The Bertz CT molecular complexity index is 473. The normalized spacial score (nSPS) is 12.7. The van der Waals surface area contributed by atoms with Crippen molar-refractivity contribution in [1.82, 2.24) is 9.59 Å². The van der Waals surface area contributed by atoms with E-state index in [-0.39, 0.29) is 0 Å². The van der Waals surface area contributed by atoms with Crippen LogP contribution in [0.4, 0.5) is 0 Å². The number of rotatable bonds is 3. The Balaban J connectivity index is 2.15. The monoisotopic (exact) mass is 254 g/mol. The highest BCUT2D eigenvalue weighted by atomic mass is 35.5. The number of hydrogen-bond acceptors (Lipinski definition) is 4. The number of aliphatic hydroxyl groups is 1. The van der Waals surface area contributed by atoms with Gasteiger partial charge in [0.15, 0.2) is 0 Å². The van der Waals surface area contributed by atoms with Crippen LogP contribution in [0.2, 0.25) is 5.02 Å². The molecule has 0 bridgehead atoms. The molecule has 0 aliphatic carbocycles. The molecular formula is C11H11ClN2OS. The first kappa shape index (κ1) is 11.5. The molecular weight excluding hydrogens is 244 g/mol. The summed E-state index contributed by atoms with van der Waals surface area (Å²) in [6, 6.07) is 5.82. The van der Waals surface area contributed by atoms with E-state index >= 15 is 0 Å². The van der Waals surface area contributed by atoms with Crippen LogP contribution < -0.4 is 0 Å². The van der Waals surface area contributed by atoms with E-state index < -0.39 is 6.10 Å². The molecule has 1 heterocycles. The molecule has 0 radical (unpaired) electrons. The Kier molecular flexibility index (Phi) is 3.53. The molecule has 1 atom stereocenters. The third-order valence-corrected chi connectivity index (χ3v) is 3.44. The minimum absolute atomic E-state index is 0.489. The van der Waals surface area contributed by atoms with E-state index in [0.717, 1.165) is 16.0 Å². The lowest BCUT2D eigenvalue weighted by atomic mass is 10.1. The fraction of sp³-hybridized carbons (Fsp3) is 0.273. The number of aryl methyl sites for hydroxylation is 1. The number of hydrogen-bond donors (Lipinski definition) is 1. The zero-order valence-electron chi connectivity index (χ0n) is 8.72. The largest absolute Gasteiger partial charge is 0.387 e. The summed E-state index contributed by atoms with van der Waals surface area (Å²) in [7, 11) is 0. The van der Waals surface area contributed by atoms with Gasteiger partial charge in [-0.2, -0.15) is 0 Å². The molecule has 0 aliphatic heterocycles. The zero-order chi connectivity index (χ0) is 11.5. The summed E-state index contributed by atoms with van der Waals surface area (Å²) in [4.78, 5) is 0.761. The predicted octanol–water partition coefficient (Wildman–Crippen LogP) is 2.78. The van der Waals surface area contributed by atoms with Gasteiger partial charge in [0.2, 0.25) is 0 Å². The van der Waals surface area contributed by atoms with Gasteiger partial charge in [-0.15, -0.1) is 5.10 Å². The molecule has 2 aromatic rings. The van der Waals surface area contributed by atoms with Gasteiger partial charge in [-0.1, -0.05) is 28.2 Å². The van der Waals surface area contributed by atoms with Crippen molar-refractivity contribution < 1.29 is 5.11 Å². The topological polar surface area (TPSA) is 46.0 Å². The predicted molar refractivity (Wildman–Crippen MR) is 64.8 cm³/mol. The first-order valence-corrected chi connectivity index (χ1v) is 6.02. The third-order valence-electron chi connectivity index (χ3n) is 2.33. The fourth-order valence-electron chi connectivity index (χ4n) is 1.45. The van der Waals surface area contributed by atoms with Gasteiger partial charge >= 0.3 is 0 Å². The van der Waals surface area contributed by atoms with E-state index in [0.29, 0.717) is 11.4 Å². The molecule has 0 aliphatic rings. The summed E-state index contributed by atoms with van der Waals surface area (Å²) in [5.74, 6) is 0. The smallest absolute Gasteiger partial charge is 0.0954 e. The fourth-order valence-corrected chi connectivity index (χ4v) is 2.25. The highest BCUT2D eigenvalue weighted by molar-refractivity contribution is 7.05. The van der Waals surface area contributed by atoms with Gasteiger partial charge in [0, 0.05) is 11.4 Å². The Morgan fingerprint density at radius 2 is 2.31 bits per heavy atom. The second-order valence-electron chi connectivity index (χ2n) is 3.63. The molecule has 0 spiro atoms. The first-order valence-electron chi connectivity index (χ1n) is 4.87. The van der Waals surface area contributed by atoms with E-state index in [9.17, 15) is 5.11 Å². The number of halogens is 1. The van der Waals surface area contributed by atoms with Gasteiger partial charge in [0.05, 0.1) is 17.2 Å². The SMILES string of the molecule is Cc1ccc(CC(O)c2cnns2)c(Cl)c1. The molecule has 1 aromatic heterocycles. The van der Waals surface area contributed by atoms with Crippen LogP contribution in [-0.4, -0.2) is 14.7 Å². The number of aromatic nitrogens is 2. The van der Waals surface area contributed by atoms with Crippen LogP contribution >= 0.6 is 23.1 Å². The average molecular weight is 255 g/mol. The van der Waals surface area contributed by atoms with Crippen LogP contribution in [0.1, 0.15) is 22.1 Å². The zero-order valence-corrected chi connectivity index (χ0v) is 10.3. The summed E-state index contributed by atoms with van der Waals surface area (Å²) >= 11 is 7.30. The van der Waals surface area contributed by atoms with Crippen LogP contribution in [0.15, 0.2) is 24.4 Å². The molecule has 0 fully saturated rings. The van der Waals surface area contributed by atoms with E-state index in [4.69, 9.17) is 11.6 Å². The number of benzene rings is 1. The van der Waals surface area contributed by atoms with E-state index in [1.54, 1.807) is 6.20 Å². The van der Waals surface area contributed by atoms with Gasteiger partial charge in [0.25, 0.3) is 0 Å². The summed E-state index contributed by atoms with van der Waals surface area (Å²) in [6.45, 7) is 1.99. The summed E-state index contributed by atoms with van der Waals surface area (Å²) in [6.07, 6.45) is 1.49. The Hall–Kier alpha value is -0.970. The first-order chi connectivity index (χ1) is 7.66. The van der Waals surface area contributed by atoms with E-state index in [2.05, 4.69) is 9.59 Å². The summed E-state index contributed by atoms with van der Waals surface area (Å²) in [5.41, 5.74) is 2.05. The lowest BCUT2D eigenvalue weighted by Gasteiger charge is -2.09. The Labute approximate surface area is 103 Å². The van der Waals surface area contributed by atoms with Crippen molar-refractivity contribution in [2.75, 3.05) is 0 Å². The lowest BCUT2D eigenvalue weighted by molar-refractivity contribution is 0.182. The van der Waals surface area contributed by atoms with Gasteiger partial charge < -0.3 is 5.11 Å². The quantitative estimate of drug-likeness (QED) is 0.916. The maximum absolute atomic E-state index is 9.93. The van der Waals surface area contributed by atoms with Crippen molar-refractivity contribution in [3.8, 4) is 0 Å².